The molecular formula is C12H17N3O3. The van der Waals surface area contributed by atoms with Crippen LogP contribution in [0.15, 0.2) is 12.3 Å². The Morgan fingerprint density at radius 1 is 1.67 bits per heavy atom. The number of nitro groups is 1. The van der Waals surface area contributed by atoms with E-state index in [1.54, 1.807) is 6.92 Å². The van der Waals surface area contributed by atoms with E-state index >= 15 is 0 Å². The van der Waals surface area contributed by atoms with E-state index in [-0.39, 0.29) is 10.6 Å². The maximum absolute atomic E-state index is 10.8. The quantitative estimate of drug-likeness (QED) is 0.640. The Balaban J connectivity index is 1.88. The van der Waals surface area contributed by atoms with Crippen molar-refractivity contribution < 1.29 is 9.66 Å². The minimum atomic E-state index is -0.382. The molecule has 0 bridgehead atoms. The summed E-state index contributed by atoms with van der Waals surface area (Å²) < 4.78 is 5.29. The van der Waals surface area contributed by atoms with Crippen LogP contribution in [0.2, 0.25) is 0 Å². The zero-order chi connectivity index (χ0) is 13.0. The van der Waals surface area contributed by atoms with Crippen molar-refractivity contribution in [2.75, 3.05) is 25.1 Å². The number of nitrogens with zero attached hydrogens (tertiary/aromatic N) is 2. The molecule has 0 aromatic carbocycles. The molecule has 1 aromatic rings. The average molecular weight is 251 g/mol. The molecule has 1 unspecified atom stereocenters. The van der Waals surface area contributed by atoms with Gasteiger partial charge >= 0.3 is 0 Å². The van der Waals surface area contributed by atoms with Crippen molar-refractivity contribution in [1.82, 2.24) is 4.98 Å². The zero-order valence-corrected chi connectivity index (χ0v) is 10.4. The standard InChI is InChI=1S/C12H17N3O3/c1-9-7-14-12(6-11(9)15(16)17)13-4-2-10-3-5-18-8-10/h6-7,10H,2-5,8H2,1H3,(H,13,14). The first-order chi connectivity index (χ1) is 8.66. The zero-order valence-electron chi connectivity index (χ0n) is 10.4. The number of pyridine rings is 1. The summed E-state index contributed by atoms with van der Waals surface area (Å²) in [5.74, 6) is 1.16. The fourth-order valence-corrected chi connectivity index (χ4v) is 2.02. The van der Waals surface area contributed by atoms with Crippen molar-refractivity contribution in [3.63, 3.8) is 0 Å². The number of hydrogen-bond donors (Lipinski definition) is 1. The first kappa shape index (κ1) is 12.8. The Morgan fingerprint density at radius 3 is 3.17 bits per heavy atom. The summed E-state index contributed by atoms with van der Waals surface area (Å²) in [5.41, 5.74) is 0.687. The monoisotopic (exact) mass is 251 g/mol. The second-order valence-electron chi connectivity index (χ2n) is 4.56. The summed E-state index contributed by atoms with van der Waals surface area (Å²) >= 11 is 0. The molecule has 0 radical (unpaired) electrons. The van der Waals surface area contributed by atoms with Gasteiger partial charge in [-0.3, -0.25) is 10.1 Å². The number of rotatable bonds is 5. The van der Waals surface area contributed by atoms with Crippen LogP contribution in [0.1, 0.15) is 18.4 Å². The molecule has 0 aliphatic carbocycles. The second kappa shape index (κ2) is 5.77. The Kier molecular flexibility index (Phi) is 4.09. The highest BCUT2D eigenvalue weighted by Gasteiger charge is 2.15. The Bertz CT molecular complexity index is 431. The highest BCUT2D eigenvalue weighted by Crippen LogP contribution is 2.20. The maximum Gasteiger partial charge on any atom is 0.277 e. The third-order valence-corrected chi connectivity index (χ3v) is 3.15. The van der Waals surface area contributed by atoms with Crippen molar-refractivity contribution in [3.8, 4) is 0 Å². The van der Waals surface area contributed by atoms with Crippen molar-refractivity contribution in [1.29, 1.82) is 0 Å². The number of ether oxygens (including phenoxy) is 1. The van der Waals surface area contributed by atoms with Crippen molar-refractivity contribution >= 4 is 11.5 Å². The molecule has 1 fully saturated rings. The summed E-state index contributed by atoms with van der Waals surface area (Å²) in [6.45, 7) is 4.12. The molecule has 1 aromatic heterocycles. The van der Waals surface area contributed by atoms with Gasteiger partial charge in [-0.05, 0) is 25.7 Å². The van der Waals surface area contributed by atoms with Crippen LogP contribution < -0.4 is 5.32 Å². The van der Waals surface area contributed by atoms with Gasteiger partial charge in [0.05, 0.1) is 11.0 Å². The minimum absolute atomic E-state index is 0.108. The van der Waals surface area contributed by atoms with E-state index in [4.69, 9.17) is 4.74 Å². The van der Waals surface area contributed by atoms with Crippen molar-refractivity contribution in [2.24, 2.45) is 5.92 Å². The molecule has 1 saturated heterocycles. The minimum Gasteiger partial charge on any atom is -0.381 e. The molecule has 0 amide bonds. The molecule has 1 atom stereocenters. The summed E-state index contributed by atoms with van der Waals surface area (Å²) in [4.78, 5) is 14.5. The highest BCUT2D eigenvalue weighted by molar-refractivity contribution is 5.48. The fraction of sp³-hybridized carbons (Fsp3) is 0.583. The van der Waals surface area contributed by atoms with E-state index in [1.807, 2.05) is 0 Å². The lowest BCUT2D eigenvalue weighted by Crippen LogP contribution is -2.10. The number of aryl methyl sites for hydroxylation is 1. The number of nitrogens with one attached hydrogen (secondary N) is 1. The first-order valence-electron chi connectivity index (χ1n) is 6.09. The SMILES string of the molecule is Cc1cnc(NCCC2CCOC2)cc1[N+](=O)[O-]. The van der Waals surface area contributed by atoms with Crippen LogP contribution in [0.25, 0.3) is 0 Å². The third-order valence-electron chi connectivity index (χ3n) is 3.15. The first-order valence-corrected chi connectivity index (χ1v) is 6.09. The lowest BCUT2D eigenvalue weighted by Gasteiger charge is -2.09. The number of hydrogen-bond acceptors (Lipinski definition) is 5. The van der Waals surface area contributed by atoms with Gasteiger partial charge in [0.25, 0.3) is 5.69 Å². The van der Waals surface area contributed by atoms with E-state index in [0.29, 0.717) is 17.3 Å². The molecule has 1 aliphatic heterocycles. The third kappa shape index (κ3) is 3.16. The van der Waals surface area contributed by atoms with E-state index in [1.165, 1.54) is 12.3 Å². The van der Waals surface area contributed by atoms with Gasteiger partial charge < -0.3 is 10.1 Å². The van der Waals surface area contributed by atoms with Crippen molar-refractivity contribution in [2.45, 2.75) is 19.8 Å². The van der Waals surface area contributed by atoms with Crippen molar-refractivity contribution in [3.05, 3.63) is 27.9 Å². The molecule has 1 aliphatic rings. The van der Waals surface area contributed by atoms with Gasteiger partial charge in [0.15, 0.2) is 0 Å². The van der Waals surface area contributed by atoms with E-state index in [2.05, 4.69) is 10.3 Å². The summed E-state index contributed by atoms with van der Waals surface area (Å²) in [6, 6.07) is 1.49. The van der Waals surface area contributed by atoms with Gasteiger partial charge in [0.2, 0.25) is 0 Å². The number of aromatic nitrogens is 1. The van der Waals surface area contributed by atoms with Gasteiger partial charge in [-0.25, -0.2) is 4.98 Å². The molecule has 98 valence electrons. The summed E-state index contributed by atoms with van der Waals surface area (Å²) in [6.07, 6.45) is 3.63. The average Bonchev–Trinajstić information content (AvgIpc) is 2.84. The predicted octanol–water partition coefficient (Wildman–Crippen LogP) is 2.14. The Hall–Kier alpha value is -1.69. The lowest BCUT2D eigenvalue weighted by molar-refractivity contribution is -0.385. The maximum atomic E-state index is 10.8. The van der Waals surface area contributed by atoms with Crippen LogP contribution in [0.4, 0.5) is 11.5 Å². The Labute approximate surface area is 106 Å². The van der Waals surface area contributed by atoms with Gasteiger partial charge in [-0.2, -0.15) is 0 Å². The van der Waals surface area contributed by atoms with Gasteiger partial charge in [0.1, 0.15) is 5.82 Å². The normalized spacial score (nSPS) is 18.8. The largest absolute Gasteiger partial charge is 0.381 e. The molecule has 18 heavy (non-hydrogen) atoms. The predicted molar refractivity (Wildman–Crippen MR) is 67.7 cm³/mol. The van der Waals surface area contributed by atoms with Gasteiger partial charge in [-0.1, -0.05) is 0 Å². The molecule has 2 rings (SSSR count). The van der Waals surface area contributed by atoms with E-state index in [0.717, 1.165) is 32.6 Å². The summed E-state index contributed by atoms with van der Waals surface area (Å²) in [5, 5.41) is 13.9. The highest BCUT2D eigenvalue weighted by atomic mass is 16.6. The lowest BCUT2D eigenvalue weighted by atomic mass is 10.1. The smallest absolute Gasteiger partial charge is 0.277 e. The molecule has 1 N–H and O–H groups in total. The molecule has 2 heterocycles. The topological polar surface area (TPSA) is 77.3 Å². The molecule has 0 spiro atoms. The van der Waals surface area contributed by atoms with Gasteiger partial charge in [-0.15, -0.1) is 0 Å². The molecule has 6 nitrogen and oxygen atoms in total. The van der Waals surface area contributed by atoms with Crippen LogP contribution in [0, 0.1) is 23.0 Å². The van der Waals surface area contributed by atoms with Crippen LogP contribution in [0.3, 0.4) is 0 Å². The van der Waals surface area contributed by atoms with Crippen LogP contribution in [-0.2, 0) is 4.74 Å². The van der Waals surface area contributed by atoms with Crippen LogP contribution in [0.5, 0.6) is 0 Å². The Morgan fingerprint density at radius 2 is 2.50 bits per heavy atom. The molecule has 6 heteroatoms. The fourth-order valence-electron chi connectivity index (χ4n) is 2.02. The van der Waals surface area contributed by atoms with E-state index in [9.17, 15) is 10.1 Å². The van der Waals surface area contributed by atoms with Crippen LogP contribution in [-0.4, -0.2) is 29.7 Å². The molecular weight excluding hydrogens is 234 g/mol. The summed E-state index contributed by atoms with van der Waals surface area (Å²) in [7, 11) is 0. The van der Waals surface area contributed by atoms with Crippen LogP contribution >= 0.6 is 0 Å². The molecule has 0 saturated carbocycles. The second-order valence-corrected chi connectivity index (χ2v) is 4.56. The number of anilines is 1. The van der Waals surface area contributed by atoms with Gasteiger partial charge in [0, 0.05) is 31.5 Å². The van der Waals surface area contributed by atoms with E-state index < -0.39 is 0 Å².